The molecule has 2 aromatic carbocycles. The monoisotopic (exact) mass is 315 g/mol. The van der Waals surface area contributed by atoms with Gasteiger partial charge in [0.25, 0.3) is 0 Å². The van der Waals surface area contributed by atoms with Gasteiger partial charge in [-0.15, -0.1) is 0 Å². The molecule has 5 nitrogen and oxygen atoms in total. The molecule has 0 heterocycles. The third-order valence-corrected chi connectivity index (χ3v) is 3.42. The second-order valence-corrected chi connectivity index (χ2v) is 5.14. The molecule has 2 rings (SSSR count). The maximum atomic E-state index is 12.3. The summed E-state index contributed by atoms with van der Waals surface area (Å²) >= 11 is 0. The molecule has 23 heavy (non-hydrogen) atoms. The third kappa shape index (κ3) is 4.39. The van der Waals surface area contributed by atoms with Gasteiger partial charge in [-0.05, 0) is 13.0 Å². The Balaban J connectivity index is 2.15. The van der Waals surface area contributed by atoms with Crippen LogP contribution in [0.25, 0.3) is 0 Å². The first-order valence-electron chi connectivity index (χ1n) is 7.22. The molecule has 0 atom stereocenters. The van der Waals surface area contributed by atoms with E-state index in [9.17, 15) is 4.79 Å². The van der Waals surface area contributed by atoms with Crippen LogP contribution in [-0.4, -0.2) is 27.2 Å². The van der Waals surface area contributed by atoms with Gasteiger partial charge in [-0.1, -0.05) is 17.7 Å². The topological polar surface area (TPSA) is 56.8 Å². The SMILES string of the molecule is COc1cc(NC(=O)Cc2cc(C)ccc2OC)cc(OC)c1. The van der Waals surface area contributed by atoms with E-state index in [1.54, 1.807) is 39.5 Å². The number of hydrogen-bond donors (Lipinski definition) is 1. The Bertz CT molecular complexity index is 675. The molecule has 0 aromatic heterocycles. The maximum absolute atomic E-state index is 12.3. The Morgan fingerprint density at radius 1 is 0.957 bits per heavy atom. The van der Waals surface area contributed by atoms with Gasteiger partial charge >= 0.3 is 0 Å². The van der Waals surface area contributed by atoms with E-state index in [1.165, 1.54) is 0 Å². The fourth-order valence-electron chi connectivity index (χ4n) is 2.30. The first kappa shape index (κ1) is 16.7. The van der Waals surface area contributed by atoms with Crippen molar-refractivity contribution in [3.05, 3.63) is 47.5 Å². The predicted octanol–water partition coefficient (Wildman–Crippen LogP) is 3.20. The average molecular weight is 315 g/mol. The average Bonchev–Trinajstić information content (AvgIpc) is 2.54. The largest absolute Gasteiger partial charge is 0.497 e. The van der Waals surface area contributed by atoms with Crippen LogP contribution in [0.3, 0.4) is 0 Å². The summed E-state index contributed by atoms with van der Waals surface area (Å²) in [6, 6.07) is 11.0. The van der Waals surface area contributed by atoms with Crippen molar-refractivity contribution >= 4 is 11.6 Å². The number of amides is 1. The van der Waals surface area contributed by atoms with Crippen LogP contribution in [0.2, 0.25) is 0 Å². The molecule has 0 saturated heterocycles. The van der Waals surface area contributed by atoms with E-state index >= 15 is 0 Å². The van der Waals surface area contributed by atoms with Crippen LogP contribution in [0.5, 0.6) is 17.2 Å². The summed E-state index contributed by atoms with van der Waals surface area (Å²) in [5, 5.41) is 2.86. The van der Waals surface area contributed by atoms with Gasteiger partial charge in [0.05, 0.1) is 27.8 Å². The van der Waals surface area contributed by atoms with E-state index in [0.29, 0.717) is 22.9 Å². The molecule has 1 N–H and O–H groups in total. The number of carbonyl (C=O) groups excluding carboxylic acids is 1. The molecule has 5 heteroatoms. The third-order valence-electron chi connectivity index (χ3n) is 3.42. The minimum atomic E-state index is -0.135. The molecule has 0 bridgehead atoms. The van der Waals surface area contributed by atoms with Crippen molar-refractivity contribution in [3.8, 4) is 17.2 Å². The summed E-state index contributed by atoms with van der Waals surface area (Å²) < 4.78 is 15.7. The highest BCUT2D eigenvalue weighted by atomic mass is 16.5. The minimum absolute atomic E-state index is 0.135. The van der Waals surface area contributed by atoms with E-state index < -0.39 is 0 Å². The lowest BCUT2D eigenvalue weighted by atomic mass is 10.1. The summed E-state index contributed by atoms with van der Waals surface area (Å²) in [7, 11) is 4.73. The normalized spacial score (nSPS) is 10.1. The zero-order valence-electron chi connectivity index (χ0n) is 13.8. The molecule has 0 aliphatic rings. The lowest BCUT2D eigenvalue weighted by molar-refractivity contribution is -0.115. The zero-order valence-corrected chi connectivity index (χ0v) is 13.8. The molecular weight excluding hydrogens is 294 g/mol. The van der Waals surface area contributed by atoms with Crippen molar-refractivity contribution in [2.24, 2.45) is 0 Å². The first-order chi connectivity index (χ1) is 11.0. The molecule has 0 saturated carbocycles. The number of carbonyl (C=O) groups is 1. The van der Waals surface area contributed by atoms with Crippen LogP contribution in [0, 0.1) is 6.92 Å². The number of anilines is 1. The number of rotatable bonds is 6. The summed E-state index contributed by atoms with van der Waals surface area (Å²) in [4.78, 5) is 12.3. The second-order valence-electron chi connectivity index (χ2n) is 5.14. The van der Waals surface area contributed by atoms with Crippen molar-refractivity contribution in [3.63, 3.8) is 0 Å². The van der Waals surface area contributed by atoms with E-state index in [-0.39, 0.29) is 12.3 Å². The highest BCUT2D eigenvalue weighted by Crippen LogP contribution is 2.26. The predicted molar refractivity (Wildman–Crippen MR) is 89.6 cm³/mol. The Hall–Kier alpha value is -2.69. The van der Waals surface area contributed by atoms with E-state index in [2.05, 4.69) is 5.32 Å². The quantitative estimate of drug-likeness (QED) is 0.889. The fourth-order valence-corrected chi connectivity index (χ4v) is 2.30. The molecule has 0 aliphatic carbocycles. The number of methoxy groups -OCH3 is 3. The summed E-state index contributed by atoms with van der Waals surface area (Å²) in [5.41, 5.74) is 2.55. The Morgan fingerprint density at radius 3 is 2.17 bits per heavy atom. The number of hydrogen-bond acceptors (Lipinski definition) is 4. The highest BCUT2D eigenvalue weighted by molar-refractivity contribution is 5.93. The minimum Gasteiger partial charge on any atom is -0.497 e. The molecule has 122 valence electrons. The van der Waals surface area contributed by atoms with Gasteiger partial charge in [-0.3, -0.25) is 4.79 Å². The smallest absolute Gasteiger partial charge is 0.228 e. The van der Waals surface area contributed by atoms with Crippen molar-refractivity contribution < 1.29 is 19.0 Å². The van der Waals surface area contributed by atoms with Crippen LogP contribution in [0.4, 0.5) is 5.69 Å². The van der Waals surface area contributed by atoms with Crippen LogP contribution in [-0.2, 0) is 11.2 Å². The lowest BCUT2D eigenvalue weighted by Gasteiger charge is -2.12. The van der Waals surface area contributed by atoms with Crippen LogP contribution in [0.1, 0.15) is 11.1 Å². The van der Waals surface area contributed by atoms with Crippen molar-refractivity contribution in [2.75, 3.05) is 26.6 Å². The zero-order chi connectivity index (χ0) is 16.8. The van der Waals surface area contributed by atoms with E-state index in [1.807, 2.05) is 25.1 Å². The van der Waals surface area contributed by atoms with Gasteiger partial charge in [0.2, 0.25) is 5.91 Å². The van der Waals surface area contributed by atoms with Gasteiger partial charge in [-0.2, -0.15) is 0 Å². The molecule has 0 unspecified atom stereocenters. The Morgan fingerprint density at radius 2 is 1.61 bits per heavy atom. The standard InChI is InChI=1S/C18H21NO4/c1-12-5-6-17(23-4)13(7-12)8-18(20)19-14-9-15(21-2)11-16(10-14)22-3/h5-7,9-11H,8H2,1-4H3,(H,19,20). The van der Waals surface area contributed by atoms with Gasteiger partial charge in [0.15, 0.2) is 0 Å². The van der Waals surface area contributed by atoms with E-state index in [0.717, 1.165) is 11.1 Å². The number of ether oxygens (including phenoxy) is 3. The summed E-state index contributed by atoms with van der Waals surface area (Å²) in [5.74, 6) is 1.80. The van der Waals surface area contributed by atoms with Crippen LogP contribution >= 0.6 is 0 Å². The molecule has 1 amide bonds. The first-order valence-corrected chi connectivity index (χ1v) is 7.22. The molecule has 0 radical (unpaired) electrons. The summed E-state index contributed by atoms with van der Waals surface area (Å²) in [6.07, 6.45) is 0.227. The number of nitrogens with one attached hydrogen (secondary N) is 1. The van der Waals surface area contributed by atoms with E-state index in [4.69, 9.17) is 14.2 Å². The lowest BCUT2D eigenvalue weighted by Crippen LogP contribution is -2.15. The molecule has 0 aliphatic heterocycles. The molecule has 2 aromatic rings. The van der Waals surface area contributed by atoms with Crippen LogP contribution < -0.4 is 19.5 Å². The molecular formula is C18H21NO4. The van der Waals surface area contributed by atoms with Crippen LogP contribution in [0.15, 0.2) is 36.4 Å². The maximum Gasteiger partial charge on any atom is 0.228 e. The van der Waals surface area contributed by atoms with Gasteiger partial charge in [-0.25, -0.2) is 0 Å². The van der Waals surface area contributed by atoms with Crippen molar-refractivity contribution in [1.82, 2.24) is 0 Å². The number of benzene rings is 2. The van der Waals surface area contributed by atoms with Crippen molar-refractivity contribution in [2.45, 2.75) is 13.3 Å². The second kappa shape index (κ2) is 7.54. The van der Waals surface area contributed by atoms with Gasteiger partial charge in [0, 0.05) is 29.4 Å². The summed E-state index contributed by atoms with van der Waals surface area (Å²) in [6.45, 7) is 1.98. The highest BCUT2D eigenvalue weighted by Gasteiger charge is 2.11. The molecule has 0 fully saturated rings. The fraction of sp³-hybridized carbons (Fsp3) is 0.278. The Kier molecular flexibility index (Phi) is 5.46. The number of aryl methyl sites for hydroxylation is 1. The van der Waals surface area contributed by atoms with Gasteiger partial charge < -0.3 is 19.5 Å². The Labute approximate surface area is 136 Å². The van der Waals surface area contributed by atoms with Crippen molar-refractivity contribution in [1.29, 1.82) is 0 Å². The molecule has 0 spiro atoms. The van der Waals surface area contributed by atoms with Gasteiger partial charge in [0.1, 0.15) is 17.2 Å².